The van der Waals surface area contributed by atoms with Crippen molar-refractivity contribution >= 4 is 17.7 Å². The summed E-state index contributed by atoms with van der Waals surface area (Å²) in [4.78, 5) is 16.4. The summed E-state index contributed by atoms with van der Waals surface area (Å²) in [6, 6.07) is 0. The molecule has 3 aromatic rings. The summed E-state index contributed by atoms with van der Waals surface area (Å²) < 4.78 is 6.89. The summed E-state index contributed by atoms with van der Waals surface area (Å²) in [5.41, 5.74) is 2.38. The molecule has 0 fully saturated rings. The SMILES string of the molecule is Cc1nnc(Sc2nc(NN)nc(-n3ccnc3)n2)o1. The number of nitrogens with two attached hydrogens (primary N) is 1. The zero-order valence-electron chi connectivity index (χ0n) is 10.3. The van der Waals surface area contributed by atoms with Gasteiger partial charge in [-0.3, -0.25) is 9.99 Å². The number of nitrogens with zero attached hydrogens (tertiary/aromatic N) is 7. The van der Waals surface area contributed by atoms with Gasteiger partial charge < -0.3 is 4.42 Å². The van der Waals surface area contributed by atoms with Crippen molar-refractivity contribution < 1.29 is 4.42 Å². The topological polar surface area (TPSA) is 133 Å². The lowest BCUT2D eigenvalue weighted by atomic mass is 10.8. The maximum absolute atomic E-state index is 5.35. The Bertz CT molecular complexity index is 710. The highest BCUT2D eigenvalue weighted by Crippen LogP contribution is 2.24. The average molecular weight is 291 g/mol. The minimum absolute atomic E-state index is 0.224. The van der Waals surface area contributed by atoms with Crippen LogP contribution in [0.15, 0.2) is 33.5 Å². The molecule has 0 aliphatic rings. The Balaban J connectivity index is 1.96. The van der Waals surface area contributed by atoms with E-state index in [0.717, 1.165) is 11.8 Å². The van der Waals surface area contributed by atoms with Crippen LogP contribution in [0, 0.1) is 6.92 Å². The summed E-state index contributed by atoms with van der Waals surface area (Å²) in [5, 5.41) is 8.31. The van der Waals surface area contributed by atoms with Crippen molar-refractivity contribution in [3.63, 3.8) is 0 Å². The third-order valence-electron chi connectivity index (χ3n) is 2.15. The van der Waals surface area contributed by atoms with E-state index >= 15 is 0 Å². The molecule has 11 heteroatoms. The molecule has 3 N–H and O–H groups in total. The van der Waals surface area contributed by atoms with Crippen molar-refractivity contribution in [3.8, 4) is 5.95 Å². The lowest BCUT2D eigenvalue weighted by Gasteiger charge is -2.04. The molecule has 0 saturated heterocycles. The van der Waals surface area contributed by atoms with Crippen LogP contribution < -0.4 is 11.3 Å². The second kappa shape index (κ2) is 5.22. The maximum atomic E-state index is 5.35. The van der Waals surface area contributed by atoms with Crippen LogP contribution in [0.2, 0.25) is 0 Å². The van der Waals surface area contributed by atoms with Gasteiger partial charge in [0, 0.05) is 31.1 Å². The fourth-order valence-electron chi connectivity index (χ4n) is 1.35. The number of hydrogen-bond acceptors (Lipinski definition) is 10. The Labute approximate surface area is 116 Å². The smallest absolute Gasteiger partial charge is 0.284 e. The number of aryl methyl sites for hydroxylation is 1. The Kier molecular flexibility index (Phi) is 3.26. The highest BCUT2D eigenvalue weighted by Gasteiger charge is 2.12. The second-order valence-electron chi connectivity index (χ2n) is 3.54. The minimum atomic E-state index is 0.224. The average Bonchev–Trinajstić information content (AvgIpc) is 3.10. The van der Waals surface area contributed by atoms with Gasteiger partial charge in [-0.2, -0.15) is 15.0 Å². The normalized spacial score (nSPS) is 10.7. The molecule has 0 bridgehead atoms. The van der Waals surface area contributed by atoms with Crippen LogP contribution in [0.4, 0.5) is 5.95 Å². The van der Waals surface area contributed by atoms with Crippen molar-refractivity contribution in [3.05, 3.63) is 24.6 Å². The molecule has 0 aliphatic heterocycles. The number of nitrogen functional groups attached to an aromatic ring is 1. The quantitative estimate of drug-likeness (QED) is 0.506. The third-order valence-corrected chi connectivity index (χ3v) is 2.86. The van der Waals surface area contributed by atoms with Gasteiger partial charge in [0.15, 0.2) is 0 Å². The first-order valence-corrected chi connectivity index (χ1v) is 6.25. The molecule has 0 aliphatic carbocycles. The molecule has 20 heavy (non-hydrogen) atoms. The van der Waals surface area contributed by atoms with E-state index in [1.807, 2.05) is 0 Å². The first-order chi connectivity index (χ1) is 9.74. The van der Waals surface area contributed by atoms with Crippen LogP contribution in [0.3, 0.4) is 0 Å². The van der Waals surface area contributed by atoms with Gasteiger partial charge in [0.2, 0.25) is 22.9 Å². The molecule has 0 saturated carbocycles. The lowest BCUT2D eigenvalue weighted by Crippen LogP contribution is -2.13. The molecule has 102 valence electrons. The minimum Gasteiger partial charge on any atom is -0.416 e. The number of hydrazine groups is 1. The van der Waals surface area contributed by atoms with Crippen LogP contribution in [0.1, 0.15) is 5.89 Å². The molecule has 10 nitrogen and oxygen atoms in total. The Morgan fingerprint density at radius 1 is 1.30 bits per heavy atom. The van der Waals surface area contributed by atoms with Gasteiger partial charge in [-0.15, -0.1) is 10.2 Å². The van der Waals surface area contributed by atoms with Crippen molar-refractivity contribution in [2.24, 2.45) is 5.84 Å². The molecule has 3 heterocycles. The predicted molar refractivity (Wildman–Crippen MR) is 67.9 cm³/mol. The summed E-state index contributed by atoms with van der Waals surface area (Å²) in [6.07, 6.45) is 4.90. The first-order valence-electron chi connectivity index (χ1n) is 5.43. The molecular formula is C9H9N9OS. The molecule has 3 rings (SSSR count). The van der Waals surface area contributed by atoms with Gasteiger partial charge in [0.1, 0.15) is 6.33 Å². The van der Waals surface area contributed by atoms with E-state index in [9.17, 15) is 0 Å². The molecule has 3 aromatic heterocycles. The van der Waals surface area contributed by atoms with E-state index in [2.05, 4.69) is 35.6 Å². The second-order valence-corrected chi connectivity index (χ2v) is 4.46. The van der Waals surface area contributed by atoms with Crippen LogP contribution in [0.25, 0.3) is 5.95 Å². The van der Waals surface area contributed by atoms with Gasteiger partial charge in [0.05, 0.1) is 0 Å². The van der Waals surface area contributed by atoms with Gasteiger partial charge in [-0.1, -0.05) is 0 Å². The maximum Gasteiger partial charge on any atom is 0.284 e. The molecule has 0 unspecified atom stereocenters. The number of anilines is 1. The lowest BCUT2D eigenvalue weighted by molar-refractivity contribution is 0.429. The summed E-state index contributed by atoms with van der Waals surface area (Å²) in [6.45, 7) is 1.70. The van der Waals surface area contributed by atoms with Crippen LogP contribution in [0.5, 0.6) is 0 Å². The molecule has 0 aromatic carbocycles. The van der Waals surface area contributed by atoms with Crippen LogP contribution in [-0.4, -0.2) is 34.7 Å². The number of rotatable bonds is 4. The molecule has 0 radical (unpaired) electrons. The fourth-order valence-corrected chi connectivity index (χ4v) is 2.01. The Hall–Kier alpha value is -2.53. The monoisotopic (exact) mass is 291 g/mol. The van der Waals surface area contributed by atoms with E-state index < -0.39 is 0 Å². The van der Waals surface area contributed by atoms with Crippen molar-refractivity contribution in [2.45, 2.75) is 17.3 Å². The Morgan fingerprint density at radius 2 is 2.20 bits per heavy atom. The van der Waals surface area contributed by atoms with Crippen molar-refractivity contribution in [1.82, 2.24) is 34.7 Å². The highest BCUT2D eigenvalue weighted by molar-refractivity contribution is 7.98. The molecule has 0 spiro atoms. The van der Waals surface area contributed by atoms with Gasteiger partial charge in [-0.25, -0.2) is 10.8 Å². The zero-order chi connectivity index (χ0) is 13.9. The zero-order valence-corrected chi connectivity index (χ0v) is 11.1. The van der Waals surface area contributed by atoms with E-state index in [1.165, 1.54) is 0 Å². The fraction of sp³-hybridized carbons (Fsp3) is 0.111. The number of hydrogen-bond donors (Lipinski definition) is 2. The van der Waals surface area contributed by atoms with Gasteiger partial charge >= 0.3 is 0 Å². The summed E-state index contributed by atoms with van der Waals surface area (Å²) >= 11 is 1.12. The van der Waals surface area contributed by atoms with Crippen molar-refractivity contribution in [1.29, 1.82) is 0 Å². The van der Waals surface area contributed by atoms with E-state index in [-0.39, 0.29) is 5.95 Å². The van der Waals surface area contributed by atoms with Crippen molar-refractivity contribution in [2.75, 3.05) is 5.43 Å². The molecular weight excluding hydrogens is 282 g/mol. The standard InChI is InChI=1S/C9H9N9OS/c1-5-16-17-9(19-5)20-8-13-6(15-10)12-7(14-8)18-3-2-11-4-18/h2-4H,10H2,1H3,(H,12,13,14,15). The number of aromatic nitrogens is 7. The largest absolute Gasteiger partial charge is 0.416 e. The molecule has 0 amide bonds. The van der Waals surface area contributed by atoms with E-state index in [1.54, 1.807) is 30.2 Å². The predicted octanol–water partition coefficient (Wildman–Crippen LogP) is 0.186. The molecule has 0 atom stereocenters. The Morgan fingerprint density at radius 3 is 2.85 bits per heavy atom. The summed E-state index contributed by atoms with van der Waals surface area (Å²) in [7, 11) is 0. The van der Waals surface area contributed by atoms with E-state index in [0.29, 0.717) is 22.2 Å². The van der Waals surface area contributed by atoms with Gasteiger partial charge in [-0.05, 0) is 0 Å². The van der Waals surface area contributed by atoms with Crippen LogP contribution >= 0.6 is 11.8 Å². The van der Waals surface area contributed by atoms with E-state index in [4.69, 9.17) is 10.3 Å². The third kappa shape index (κ3) is 2.57. The highest BCUT2D eigenvalue weighted by atomic mass is 32.2. The summed E-state index contributed by atoms with van der Waals surface area (Å²) in [5.74, 6) is 6.42. The van der Waals surface area contributed by atoms with Gasteiger partial charge in [0.25, 0.3) is 5.22 Å². The number of nitrogens with one attached hydrogen (secondary N) is 1. The van der Waals surface area contributed by atoms with Crippen LogP contribution in [-0.2, 0) is 0 Å². The number of imidazole rings is 1. The first kappa shape index (κ1) is 12.5.